The highest BCUT2D eigenvalue weighted by Gasteiger charge is 2.43. The summed E-state index contributed by atoms with van der Waals surface area (Å²) in [4.78, 5) is 12.3. The highest BCUT2D eigenvalue weighted by Crippen LogP contribution is 2.49. The molecule has 0 aromatic heterocycles. The second-order valence-electron chi connectivity index (χ2n) is 5.62. The van der Waals surface area contributed by atoms with Gasteiger partial charge in [-0.1, -0.05) is 12.5 Å². The first kappa shape index (κ1) is 9.62. The fourth-order valence-electron chi connectivity index (χ4n) is 3.87. The third-order valence-corrected chi connectivity index (χ3v) is 4.68. The summed E-state index contributed by atoms with van der Waals surface area (Å²) in [6.07, 6.45) is 12.2. The summed E-state index contributed by atoms with van der Waals surface area (Å²) in [5.74, 6) is 2.61. The summed E-state index contributed by atoms with van der Waals surface area (Å²) in [6.45, 7) is 0. The molecule has 1 nitrogen and oxygen atoms in total. The van der Waals surface area contributed by atoms with E-state index in [1.165, 1.54) is 44.1 Å². The van der Waals surface area contributed by atoms with Gasteiger partial charge in [0.1, 0.15) is 0 Å². The highest BCUT2D eigenvalue weighted by molar-refractivity contribution is 5.97. The van der Waals surface area contributed by atoms with Crippen molar-refractivity contribution in [1.29, 1.82) is 0 Å². The van der Waals surface area contributed by atoms with Crippen molar-refractivity contribution < 1.29 is 4.79 Å². The quantitative estimate of drug-likeness (QED) is 0.673. The molecule has 0 aromatic rings. The molecule has 0 saturated heterocycles. The molecular formula is C14H20O. The Morgan fingerprint density at radius 3 is 2.73 bits per heavy atom. The molecule has 0 heterocycles. The van der Waals surface area contributed by atoms with Crippen LogP contribution >= 0.6 is 0 Å². The van der Waals surface area contributed by atoms with E-state index >= 15 is 0 Å². The van der Waals surface area contributed by atoms with Crippen molar-refractivity contribution >= 4 is 5.78 Å². The maximum Gasteiger partial charge on any atom is 0.161 e. The van der Waals surface area contributed by atoms with Crippen LogP contribution in [-0.2, 0) is 4.79 Å². The topological polar surface area (TPSA) is 17.1 Å². The third kappa shape index (κ3) is 1.66. The molecule has 2 fully saturated rings. The number of hydrogen-bond donors (Lipinski definition) is 0. The van der Waals surface area contributed by atoms with Gasteiger partial charge in [-0.3, -0.25) is 4.79 Å². The Bertz CT molecular complexity index is 302. The fraction of sp³-hybridized carbons (Fsp3) is 0.786. The Morgan fingerprint density at radius 1 is 1.20 bits per heavy atom. The molecule has 0 unspecified atom stereocenters. The average molecular weight is 204 g/mol. The van der Waals surface area contributed by atoms with Crippen molar-refractivity contribution in [3.05, 3.63) is 11.6 Å². The summed E-state index contributed by atoms with van der Waals surface area (Å²) in [6, 6.07) is 0. The van der Waals surface area contributed by atoms with Gasteiger partial charge in [-0.15, -0.1) is 0 Å². The molecule has 0 aliphatic heterocycles. The van der Waals surface area contributed by atoms with Gasteiger partial charge >= 0.3 is 0 Å². The van der Waals surface area contributed by atoms with Crippen molar-refractivity contribution in [3.63, 3.8) is 0 Å². The molecule has 3 atom stereocenters. The first-order chi connectivity index (χ1) is 7.34. The van der Waals surface area contributed by atoms with E-state index in [0.29, 0.717) is 11.7 Å². The Hall–Kier alpha value is -0.590. The van der Waals surface area contributed by atoms with Gasteiger partial charge in [-0.25, -0.2) is 0 Å². The Balaban J connectivity index is 1.72. The van der Waals surface area contributed by atoms with Crippen molar-refractivity contribution in [1.82, 2.24) is 0 Å². The monoisotopic (exact) mass is 204 g/mol. The molecule has 0 amide bonds. The van der Waals surface area contributed by atoms with Crippen LogP contribution in [0.5, 0.6) is 0 Å². The standard InChI is InChI=1S/C14H20O/c15-14(11-4-2-1-3-5-11)13-9-10-6-7-12(13)8-10/h4,10,12-13H,1-3,5-9H2/t10-,12+,13+/m0/s1. The van der Waals surface area contributed by atoms with Crippen LogP contribution in [0.25, 0.3) is 0 Å². The number of carbonyl (C=O) groups excluding carboxylic acids is 1. The van der Waals surface area contributed by atoms with Gasteiger partial charge in [0.05, 0.1) is 0 Å². The molecule has 0 aromatic carbocycles. The molecule has 3 rings (SSSR count). The number of carbonyl (C=O) groups is 1. The van der Waals surface area contributed by atoms with Crippen molar-refractivity contribution in [2.75, 3.05) is 0 Å². The Labute approximate surface area is 91.9 Å². The van der Waals surface area contributed by atoms with E-state index in [9.17, 15) is 4.79 Å². The van der Waals surface area contributed by atoms with E-state index in [1.807, 2.05) is 0 Å². The molecule has 3 aliphatic carbocycles. The first-order valence-electron chi connectivity index (χ1n) is 6.58. The maximum atomic E-state index is 12.3. The number of allylic oxidation sites excluding steroid dienone is 2. The second-order valence-corrected chi connectivity index (χ2v) is 5.62. The third-order valence-electron chi connectivity index (χ3n) is 4.68. The van der Waals surface area contributed by atoms with Crippen LogP contribution in [0, 0.1) is 17.8 Å². The van der Waals surface area contributed by atoms with Crippen molar-refractivity contribution in [2.45, 2.75) is 51.4 Å². The van der Waals surface area contributed by atoms with E-state index in [0.717, 1.165) is 24.7 Å². The minimum Gasteiger partial charge on any atom is -0.294 e. The smallest absolute Gasteiger partial charge is 0.161 e. The van der Waals surface area contributed by atoms with E-state index in [2.05, 4.69) is 6.08 Å². The lowest BCUT2D eigenvalue weighted by Crippen LogP contribution is -2.23. The molecule has 82 valence electrons. The predicted molar refractivity (Wildman–Crippen MR) is 60.5 cm³/mol. The number of Topliss-reactive ketones (excluding diaryl/α,β-unsaturated/α-hetero) is 1. The van der Waals surface area contributed by atoms with E-state index in [-0.39, 0.29) is 0 Å². The lowest BCUT2D eigenvalue weighted by molar-refractivity contribution is -0.120. The first-order valence-corrected chi connectivity index (χ1v) is 6.58. The van der Waals surface area contributed by atoms with Crippen LogP contribution in [0.1, 0.15) is 51.4 Å². The average Bonchev–Trinajstić information content (AvgIpc) is 2.91. The van der Waals surface area contributed by atoms with Gasteiger partial charge in [0.25, 0.3) is 0 Å². The van der Waals surface area contributed by atoms with Crippen LogP contribution < -0.4 is 0 Å². The van der Waals surface area contributed by atoms with Crippen LogP contribution in [0.4, 0.5) is 0 Å². The van der Waals surface area contributed by atoms with Crippen LogP contribution in [0.3, 0.4) is 0 Å². The summed E-state index contributed by atoms with van der Waals surface area (Å²) in [7, 11) is 0. The molecule has 2 bridgehead atoms. The minimum absolute atomic E-state index is 0.424. The molecule has 3 aliphatic rings. The largest absolute Gasteiger partial charge is 0.294 e. The lowest BCUT2D eigenvalue weighted by atomic mass is 9.81. The Morgan fingerprint density at radius 2 is 2.13 bits per heavy atom. The zero-order chi connectivity index (χ0) is 10.3. The van der Waals surface area contributed by atoms with Crippen molar-refractivity contribution in [2.24, 2.45) is 17.8 Å². The Kier molecular flexibility index (Phi) is 2.42. The minimum atomic E-state index is 0.424. The predicted octanol–water partition coefficient (Wildman–Crippen LogP) is 3.49. The summed E-state index contributed by atoms with van der Waals surface area (Å²) >= 11 is 0. The second kappa shape index (κ2) is 3.77. The van der Waals surface area contributed by atoms with Crippen LogP contribution in [0.2, 0.25) is 0 Å². The summed E-state index contributed by atoms with van der Waals surface area (Å²) in [5.41, 5.74) is 1.18. The number of fused-ring (bicyclic) bond motifs is 2. The summed E-state index contributed by atoms with van der Waals surface area (Å²) < 4.78 is 0. The van der Waals surface area contributed by atoms with Gasteiger partial charge in [0, 0.05) is 5.92 Å². The van der Waals surface area contributed by atoms with Crippen molar-refractivity contribution in [3.8, 4) is 0 Å². The molecule has 15 heavy (non-hydrogen) atoms. The highest BCUT2D eigenvalue weighted by atomic mass is 16.1. The summed E-state index contributed by atoms with van der Waals surface area (Å²) in [5, 5.41) is 0. The number of rotatable bonds is 2. The molecule has 0 radical (unpaired) electrons. The molecular weight excluding hydrogens is 184 g/mol. The van der Waals surface area contributed by atoms with E-state index < -0.39 is 0 Å². The maximum absolute atomic E-state index is 12.3. The zero-order valence-electron chi connectivity index (χ0n) is 9.37. The normalized spacial score (nSPS) is 39.2. The van der Waals surface area contributed by atoms with Crippen LogP contribution in [0.15, 0.2) is 11.6 Å². The SMILES string of the molecule is O=C(C1=CCCCC1)[C@@H]1C[C@H]2CC[C@@H]1C2. The molecule has 2 saturated carbocycles. The fourth-order valence-corrected chi connectivity index (χ4v) is 3.87. The van der Waals surface area contributed by atoms with E-state index in [1.54, 1.807) is 0 Å². The molecule has 1 heteroatoms. The lowest BCUT2D eigenvalue weighted by Gasteiger charge is -2.22. The van der Waals surface area contributed by atoms with Gasteiger partial charge in [-0.2, -0.15) is 0 Å². The number of hydrogen-bond acceptors (Lipinski definition) is 1. The molecule has 0 N–H and O–H groups in total. The zero-order valence-corrected chi connectivity index (χ0v) is 9.37. The van der Waals surface area contributed by atoms with Gasteiger partial charge in [0.2, 0.25) is 0 Å². The molecule has 0 spiro atoms. The van der Waals surface area contributed by atoms with Gasteiger partial charge in [0.15, 0.2) is 5.78 Å². The van der Waals surface area contributed by atoms with Gasteiger partial charge in [-0.05, 0) is 62.4 Å². The van der Waals surface area contributed by atoms with Crippen LogP contribution in [-0.4, -0.2) is 5.78 Å². The van der Waals surface area contributed by atoms with Gasteiger partial charge < -0.3 is 0 Å². The van der Waals surface area contributed by atoms with E-state index in [4.69, 9.17) is 0 Å². The number of ketones is 1.